The summed E-state index contributed by atoms with van der Waals surface area (Å²) in [5.41, 5.74) is 3.58. The van der Waals surface area contributed by atoms with Gasteiger partial charge >= 0.3 is 0 Å². The number of piperidine rings is 2. The molecule has 0 aromatic carbocycles. The lowest BCUT2D eigenvalue weighted by Gasteiger charge is -2.26. The average molecular weight is 485 g/mol. The fourth-order valence-electron chi connectivity index (χ4n) is 5.49. The van der Waals surface area contributed by atoms with Gasteiger partial charge in [0.25, 0.3) is 0 Å². The molecule has 3 aliphatic carbocycles. The van der Waals surface area contributed by atoms with E-state index in [4.69, 9.17) is 0 Å². The van der Waals surface area contributed by atoms with E-state index in [1.807, 2.05) is 24.6 Å². The Labute approximate surface area is 214 Å². The third kappa shape index (κ3) is 5.88. The van der Waals surface area contributed by atoms with Crippen molar-refractivity contribution in [2.75, 3.05) is 39.3 Å². The summed E-state index contributed by atoms with van der Waals surface area (Å²) in [5.74, 6) is -0.173. The van der Waals surface area contributed by atoms with E-state index in [2.05, 4.69) is 31.9 Å². The molecule has 0 bridgehead atoms. The van der Waals surface area contributed by atoms with Crippen LogP contribution in [0.2, 0.25) is 0 Å². The van der Waals surface area contributed by atoms with Crippen LogP contribution < -0.4 is 0 Å². The maximum Gasteiger partial charge on any atom is 0.194 e. The van der Waals surface area contributed by atoms with Crippen LogP contribution in [0.5, 0.6) is 0 Å². The second-order valence-electron chi connectivity index (χ2n) is 10.2. The number of ketones is 2. The number of fused-ring (bicyclic) bond motifs is 2. The van der Waals surface area contributed by atoms with Crippen LogP contribution in [0.15, 0.2) is 81.1 Å². The molecule has 6 heteroatoms. The maximum absolute atomic E-state index is 13.3. The lowest BCUT2D eigenvalue weighted by Crippen LogP contribution is -2.30. The van der Waals surface area contributed by atoms with Gasteiger partial charge in [-0.3, -0.25) is 29.4 Å². The van der Waals surface area contributed by atoms with Crippen molar-refractivity contribution < 1.29 is 9.59 Å². The van der Waals surface area contributed by atoms with E-state index < -0.39 is 0 Å². The highest BCUT2D eigenvalue weighted by molar-refractivity contribution is 6.37. The molecule has 0 N–H and O–H groups in total. The minimum Gasteiger partial charge on any atom is -0.300 e. The summed E-state index contributed by atoms with van der Waals surface area (Å²) in [6.07, 6.45) is 24.0. The van der Waals surface area contributed by atoms with E-state index in [0.717, 1.165) is 50.7 Å². The van der Waals surface area contributed by atoms with Crippen molar-refractivity contribution in [3.63, 3.8) is 0 Å². The number of aliphatic imine (C=N–C) groups is 2. The molecule has 0 spiro atoms. The first-order chi connectivity index (χ1) is 17.7. The highest BCUT2D eigenvalue weighted by atomic mass is 16.1. The number of allylic oxidation sites excluding steroid dienone is 8. The number of likely N-dealkylation sites (tertiary alicyclic amines) is 2. The van der Waals surface area contributed by atoms with E-state index in [9.17, 15) is 9.59 Å². The van der Waals surface area contributed by atoms with Crippen LogP contribution in [0.4, 0.5) is 0 Å². The maximum atomic E-state index is 13.3. The monoisotopic (exact) mass is 484 g/mol. The molecule has 3 fully saturated rings. The van der Waals surface area contributed by atoms with Gasteiger partial charge in [0.2, 0.25) is 0 Å². The minimum atomic E-state index is -0.0866. The fraction of sp³-hybridized carbons (Fsp3) is 0.467. The predicted molar refractivity (Wildman–Crippen MR) is 145 cm³/mol. The SMILES string of the molecule is O=C1C2=CCC(=NC=CCN3CCCCC3)C=C2C(=O)C2=CCC(=NC=CCN3CCCCC3)C=C12. The molecule has 2 heterocycles. The molecule has 0 amide bonds. The molecule has 188 valence electrons. The minimum absolute atomic E-state index is 0.0866. The van der Waals surface area contributed by atoms with Gasteiger partial charge in [-0.1, -0.05) is 37.1 Å². The first kappa shape index (κ1) is 24.7. The van der Waals surface area contributed by atoms with E-state index in [1.165, 1.54) is 38.5 Å². The van der Waals surface area contributed by atoms with Gasteiger partial charge in [-0.05, 0) is 64.0 Å². The van der Waals surface area contributed by atoms with Crippen molar-refractivity contribution in [3.05, 3.63) is 71.1 Å². The van der Waals surface area contributed by atoms with E-state index in [1.54, 1.807) is 12.2 Å². The molecule has 5 aliphatic rings. The number of Topliss-reactive ketones (excluding diaryl/α,β-unsaturated/α-hetero) is 2. The van der Waals surface area contributed by atoms with Gasteiger partial charge < -0.3 is 0 Å². The third-order valence-corrected chi connectivity index (χ3v) is 7.53. The van der Waals surface area contributed by atoms with Gasteiger partial charge in [0, 0.05) is 72.0 Å². The topological polar surface area (TPSA) is 65.3 Å². The number of hydrogen-bond acceptors (Lipinski definition) is 6. The Morgan fingerprint density at radius 3 is 1.44 bits per heavy atom. The standard InChI is InChI=1S/C30H36N4O2/c35-29-26-12-10-24(32-14-8-20-34-17-5-2-6-18-34)22-28(26)30(36)25-11-9-23(21-27(25)29)31-13-7-19-33-15-3-1-4-16-33/h7-8,11-14,21-22H,1-6,9-10,15-20H2. The van der Waals surface area contributed by atoms with E-state index in [-0.39, 0.29) is 11.6 Å². The predicted octanol–water partition coefficient (Wildman–Crippen LogP) is 4.53. The number of hydrogen-bond donors (Lipinski definition) is 0. The zero-order valence-electron chi connectivity index (χ0n) is 21.1. The van der Waals surface area contributed by atoms with Crippen molar-refractivity contribution in [1.82, 2.24) is 9.80 Å². The molecule has 6 nitrogen and oxygen atoms in total. The summed E-state index contributed by atoms with van der Waals surface area (Å²) in [6, 6.07) is 0. The summed E-state index contributed by atoms with van der Waals surface area (Å²) >= 11 is 0. The molecule has 36 heavy (non-hydrogen) atoms. The average Bonchev–Trinajstić information content (AvgIpc) is 2.93. The molecular formula is C30H36N4O2. The van der Waals surface area contributed by atoms with Crippen molar-refractivity contribution in [1.29, 1.82) is 0 Å². The van der Waals surface area contributed by atoms with Crippen molar-refractivity contribution >= 4 is 23.0 Å². The summed E-state index contributed by atoms with van der Waals surface area (Å²) in [7, 11) is 0. The van der Waals surface area contributed by atoms with Crippen LogP contribution in [-0.2, 0) is 9.59 Å². The molecule has 5 rings (SSSR count). The Bertz CT molecular complexity index is 1040. The Kier molecular flexibility index (Phi) is 8.14. The summed E-state index contributed by atoms with van der Waals surface area (Å²) in [5, 5.41) is 0. The molecule has 0 aromatic heterocycles. The van der Waals surface area contributed by atoms with Gasteiger partial charge in [-0.25, -0.2) is 0 Å². The lowest BCUT2D eigenvalue weighted by atomic mass is 9.75. The van der Waals surface area contributed by atoms with Gasteiger partial charge in [-0.2, -0.15) is 0 Å². The van der Waals surface area contributed by atoms with Crippen LogP contribution >= 0.6 is 0 Å². The number of carbonyl (C=O) groups excluding carboxylic acids is 2. The molecule has 0 unspecified atom stereocenters. The molecule has 1 saturated carbocycles. The number of carbonyl (C=O) groups is 2. The van der Waals surface area contributed by atoms with Crippen molar-refractivity contribution in [2.24, 2.45) is 9.98 Å². The van der Waals surface area contributed by atoms with Gasteiger partial charge in [-0.15, -0.1) is 0 Å². The zero-order valence-corrected chi connectivity index (χ0v) is 21.1. The number of rotatable bonds is 6. The number of nitrogens with zero attached hydrogens (tertiary/aromatic N) is 4. The summed E-state index contributed by atoms with van der Waals surface area (Å²) in [6.45, 7) is 6.42. The van der Waals surface area contributed by atoms with Gasteiger partial charge in [0.15, 0.2) is 11.6 Å². The Hall–Kier alpha value is -2.96. The largest absolute Gasteiger partial charge is 0.300 e. The second kappa shape index (κ2) is 11.8. The van der Waals surface area contributed by atoms with Crippen molar-refractivity contribution in [2.45, 2.75) is 51.4 Å². The van der Waals surface area contributed by atoms with Crippen LogP contribution in [-0.4, -0.2) is 72.1 Å². The fourth-order valence-corrected chi connectivity index (χ4v) is 5.49. The Balaban J connectivity index is 1.23. The molecule has 0 radical (unpaired) electrons. The quantitative estimate of drug-likeness (QED) is 0.556. The Morgan fingerprint density at radius 2 is 1.03 bits per heavy atom. The van der Waals surface area contributed by atoms with Crippen LogP contribution in [0.25, 0.3) is 0 Å². The van der Waals surface area contributed by atoms with E-state index >= 15 is 0 Å². The summed E-state index contributed by atoms with van der Waals surface area (Å²) < 4.78 is 0. The van der Waals surface area contributed by atoms with Gasteiger partial charge in [0.05, 0.1) is 0 Å². The van der Waals surface area contributed by atoms with E-state index in [0.29, 0.717) is 35.1 Å². The summed E-state index contributed by atoms with van der Waals surface area (Å²) in [4.78, 5) is 40.5. The highest BCUT2D eigenvalue weighted by Crippen LogP contribution is 2.35. The zero-order chi connectivity index (χ0) is 24.7. The highest BCUT2D eigenvalue weighted by Gasteiger charge is 2.37. The molecular weight excluding hydrogens is 448 g/mol. The van der Waals surface area contributed by atoms with Crippen LogP contribution in [0, 0.1) is 0 Å². The molecule has 0 aromatic rings. The first-order valence-corrected chi connectivity index (χ1v) is 13.5. The Morgan fingerprint density at radius 1 is 0.611 bits per heavy atom. The molecule has 2 saturated heterocycles. The smallest absolute Gasteiger partial charge is 0.194 e. The van der Waals surface area contributed by atoms with Crippen LogP contribution in [0.3, 0.4) is 0 Å². The van der Waals surface area contributed by atoms with Gasteiger partial charge in [0.1, 0.15) is 0 Å². The molecule has 0 atom stereocenters. The van der Waals surface area contributed by atoms with Crippen LogP contribution in [0.1, 0.15) is 51.4 Å². The molecule has 2 aliphatic heterocycles. The first-order valence-electron chi connectivity index (χ1n) is 13.5. The second-order valence-corrected chi connectivity index (χ2v) is 10.2. The van der Waals surface area contributed by atoms with Crippen molar-refractivity contribution in [3.8, 4) is 0 Å². The lowest BCUT2D eigenvalue weighted by molar-refractivity contribution is -0.117. The third-order valence-electron chi connectivity index (χ3n) is 7.53. The normalized spacial score (nSPS) is 26.2.